The lowest BCUT2D eigenvalue weighted by Gasteiger charge is -1.98. The summed E-state index contributed by atoms with van der Waals surface area (Å²) in [4.78, 5) is 14.5. The number of nitrogens with one attached hydrogen (secondary N) is 1. The highest BCUT2D eigenvalue weighted by Gasteiger charge is 2.12. The number of nitro benzene ring substituents is 1. The molecule has 1 N–H and O–H groups in total. The van der Waals surface area contributed by atoms with E-state index in [1.165, 1.54) is 35.2 Å². The SMILES string of the molecule is COCCNc1nnc(SCc2nc(-c3ccc([N+](=O)[O-])cc3)no2)s1. The molecule has 2 aromatic heterocycles. The van der Waals surface area contributed by atoms with E-state index in [-0.39, 0.29) is 5.69 Å². The molecule has 12 heteroatoms. The van der Waals surface area contributed by atoms with Crippen LogP contribution in [-0.4, -0.2) is 45.5 Å². The van der Waals surface area contributed by atoms with E-state index in [1.807, 2.05) is 0 Å². The lowest BCUT2D eigenvalue weighted by atomic mass is 10.2. The molecular weight excluding hydrogens is 380 g/mol. The van der Waals surface area contributed by atoms with E-state index in [0.29, 0.717) is 36.2 Å². The van der Waals surface area contributed by atoms with Crippen molar-refractivity contribution in [1.82, 2.24) is 20.3 Å². The van der Waals surface area contributed by atoms with E-state index < -0.39 is 4.92 Å². The van der Waals surface area contributed by atoms with Gasteiger partial charge in [-0.05, 0) is 12.1 Å². The third kappa shape index (κ3) is 4.74. The summed E-state index contributed by atoms with van der Waals surface area (Å²) in [5.41, 5.74) is 0.662. The Morgan fingerprint density at radius 3 is 2.88 bits per heavy atom. The van der Waals surface area contributed by atoms with Gasteiger partial charge < -0.3 is 14.6 Å². The second kappa shape index (κ2) is 8.69. The molecule has 0 spiro atoms. The van der Waals surface area contributed by atoms with E-state index >= 15 is 0 Å². The summed E-state index contributed by atoms with van der Waals surface area (Å²) in [6.07, 6.45) is 0. The van der Waals surface area contributed by atoms with Gasteiger partial charge in [-0.15, -0.1) is 10.2 Å². The van der Waals surface area contributed by atoms with Crippen molar-refractivity contribution in [2.75, 3.05) is 25.6 Å². The largest absolute Gasteiger partial charge is 0.383 e. The number of nitro groups is 1. The normalized spacial score (nSPS) is 10.8. The number of ether oxygens (including phenoxy) is 1. The van der Waals surface area contributed by atoms with Crippen molar-refractivity contribution >= 4 is 33.9 Å². The minimum atomic E-state index is -0.456. The first-order valence-corrected chi connectivity index (χ1v) is 9.22. The highest BCUT2D eigenvalue weighted by Crippen LogP contribution is 2.28. The molecule has 0 saturated heterocycles. The van der Waals surface area contributed by atoms with Gasteiger partial charge in [-0.25, -0.2) is 0 Å². The smallest absolute Gasteiger partial charge is 0.269 e. The third-order valence-electron chi connectivity index (χ3n) is 3.11. The second-order valence-electron chi connectivity index (χ2n) is 4.90. The Labute approximate surface area is 156 Å². The maximum Gasteiger partial charge on any atom is 0.269 e. The zero-order chi connectivity index (χ0) is 18.4. The van der Waals surface area contributed by atoms with Gasteiger partial charge in [-0.3, -0.25) is 10.1 Å². The van der Waals surface area contributed by atoms with Crippen LogP contribution < -0.4 is 5.32 Å². The molecule has 0 unspecified atom stereocenters. The molecule has 136 valence electrons. The maximum absolute atomic E-state index is 10.7. The zero-order valence-corrected chi connectivity index (χ0v) is 15.2. The summed E-state index contributed by atoms with van der Waals surface area (Å²) in [6, 6.07) is 5.98. The number of hydrogen-bond acceptors (Lipinski definition) is 11. The molecule has 1 aromatic carbocycles. The van der Waals surface area contributed by atoms with Crippen LogP contribution in [0.4, 0.5) is 10.8 Å². The van der Waals surface area contributed by atoms with Crippen molar-refractivity contribution in [2.45, 2.75) is 10.1 Å². The second-order valence-corrected chi connectivity index (χ2v) is 7.10. The minimum Gasteiger partial charge on any atom is -0.383 e. The number of anilines is 1. The molecule has 0 fully saturated rings. The van der Waals surface area contributed by atoms with E-state index in [9.17, 15) is 10.1 Å². The molecule has 0 aliphatic heterocycles. The van der Waals surface area contributed by atoms with Gasteiger partial charge in [0.1, 0.15) is 0 Å². The Morgan fingerprint density at radius 2 is 2.15 bits per heavy atom. The van der Waals surface area contributed by atoms with Crippen LogP contribution in [0.15, 0.2) is 33.1 Å². The molecule has 10 nitrogen and oxygen atoms in total. The fourth-order valence-corrected chi connectivity index (χ4v) is 3.50. The molecular formula is C14H14N6O4S2. The lowest BCUT2D eigenvalue weighted by molar-refractivity contribution is -0.384. The van der Waals surface area contributed by atoms with Crippen LogP contribution in [0.25, 0.3) is 11.4 Å². The average Bonchev–Trinajstić information content (AvgIpc) is 3.30. The Kier molecular flexibility index (Phi) is 6.09. The standard InChI is InChI=1S/C14H14N6O4S2/c1-23-7-6-15-13-17-18-14(26-13)25-8-11-16-12(19-24-11)9-2-4-10(5-3-9)20(21)22/h2-5H,6-8H2,1H3,(H,15,17). The quantitative estimate of drug-likeness (QED) is 0.250. The summed E-state index contributed by atoms with van der Waals surface area (Å²) in [6.45, 7) is 1.26. The van der Waals surface area contributed by atoms with Gasteiger partial charge in [0.2, 0.25) is 16.8 Å². The van der Waals surface area contributed by atoms with Gasteiger partial charge in [0.05, 0.1) is 17.3 Å². The van der Waals surface area contributed by atoms with Crippen molar-refractivity contribution in [3.05, 3.63) is 40.3 Å². The molecule has 0 aliphatic rings. The Balaban J connectivity index is 1.56. The van der Waals surface area contributed by atoms with Crippen molar-refractivity contribution < 1.29 is 14.2 Å². The molecule has 2 heterocycles. The van der Waals surface area contributed by atoms with Gasteiger partial charge in [-0.2, -0.15) is 4.98 Å². The molecule has 3 rings (SSSR count). The molecule has 0 saturated carbocycles. The van der Waals surface area contributed by atoms with E-state index in [0.717, 1.165) is 9.47 Å². The van der Waals surface area contributed by atoms with Crippen molar-refractivity contribution in [2.24, 2.45) is 0 Å². The number of non-ortho nitro benzene ring substituents is 1. The summed E-state index contributed by atoms with van der Waals surface area (Å²) < 4.78 is 11.0. The summed E-state index contributed by atoms with van der Waals surface area (Å²) in [5.74, 6) is 1.27. The molecule has 0 amide bonds. The van der Waals surface area contributed by atoms with Crippen molar-refractivity contribution in [1.29, 1.82) is 0 Å². The van der Waals surface area contributed by atoms with Crippen LogP contribution in [0.3, 0.4) is 0 Å². The lowest BCUT2D eigenvalue weighted by Crippen LogP contribution is -2.06. The highest BCUT2D eigenvalue weighted by atomic mass is 32.2. The predicted octanol–water partition coefficient (Wildman–Crippen LogP) is 2.85. The van der Waals surface area contributed by atoms with Gasteiger partial charge in [0, 0.05) is 31.4 Å². The summed E-state index contributed by atoms with van der Waals surface area (Å²) >= 11 is 2.87. The van der Waals surface area contributed by atoms with Crippen LogP contribution in [0.2, 0.25) is 0 Å². The number of aromatic nitrogens is 4. The van der Waals surface area contributed by atoms with E-state index in [1.54, 1.807) is 19.2 Å². The molecule has 0 aliphatic carbocycles. The topological polar surface area (TPSA) is 129 Å². The fraction of sp³-hybridized carbons (Fsp3) is 0.286. The number of methoxy groups -OCH3 is 1. The van der Waals surface area contributed by atoms with Crippen LogP contribution in [-0.2, 0) is 10.5 Å². The van der Waals surface area contributed by atoms with E-state index in [4.69, 9.17) is 9.26 Å². The Bertz CT molecular complexity index is 866. The molecule has 3 aromatic rings. The maximum atomic E-state index is 10.7. The van der Waals surface area contributed by atoms with Gasteiger partial charge >= 0.3 is 0 Å². The molecule has 0 atom stereocenters. The Morgan fingerprint density at radius 1 is 1.35 bits per heavy atom. The zero-order valence-electron chi connectivity index (χ0n) is 13.6. The fourth-order valence-electron chi connectivity index (χ4n) is 1.89. The number of rotatable bonds is 9. The number of nitrogens with zero attached hydrogens (tertiary/aromatic N) is 5. The van der Waals surface area contributed by atoms with Crippen molar-refractivity contribution in [3.63, 3.8) is 0 Å². The summed E-state index contributed by atoms with van der Waals surface area (Å²) in [5, 5.41) is 26.5. The van der Waals surface area contributed by atoms with Crippen molar-refractivity contribution in [3.8, 4) is 11.4 Å². The number of benzene rings is 1. The highest BCUT2D eigenvalue weighted by molar-refractivity contribution is 8.00. The van der Waals surface area contributed by atoms with Gasteiger partial charge in [0.25, 0.3) is 5.69 Å². The van der Waals surface area contributed by atoms with Crippen LogP contribution in [0.1, 0.15) is 5.89 Å². The van der Waals surface area contributed by atoms with Crippen LogP contribution in [0.5, 0.6) is 0 Å². The van der Waals surface area contributed by atoms with Gasteiger partial charge in [-0.1, -0.05) is 28.3 Å². The number of thioether (sulfide) groups is 1. The molecule has 26 heavy (non-hydrogen) atoms. The number of hydrogen-bond donors (Lipinski definition) is 1. The predicted molar refractivity (Wildman–Crippen MR) is 96.2 cm³/mol. The summed E-state index contributed by atoms with van der Waals surface area (Å²) in [7, 11) is 1.64. The first kappa shape index (κ1) is 18.2. The first-order chi connectivity index (χ1) is 12.7. The third-order valence-corrected chi connectivity index (χ3v) is 5.11. The molecule has 0 bridgehead atoms. The molecule has 0 radical (unpaired) electrons. The minimum absolute atomic E-state index is 0.0132. The van der Waals surface area contributed by atoms with Crippen LogP contribution >= 0.6 is 23.1 Å². The van der Waals surface area contributed by atoms with Crippen LogP contribution in [0, 0.1) is 10.1 Å². The van der Waals surface area contributed by atoms with E-state index in [2.05, 4.69) is 25.7 Å². The average molecular weight is 394 g/mol. The Hall–Kier alpha value is -2.57. The first-order valence-electron chi connectivity index (χ1n) is 7.42. The van der Waals surface area contributed by atoms with Gasteiger partial charge in [0.15, 0.2) is 4.34 Å². The monoisotopic (exact) mass is 394 g/mol.